The summed E-state index contributed by atoms with van der Waals surface area (Å²) in [5.41, 5.74) is 1.35. The molecule has 0 saturated carbocycles. The minimum atomic E-state index is -0.379. The van der Waals surface area contributed by atoms with Gasteiger partial charge in [-0.2, -0.15) is 0 Å². The van der Waals surface area contributed by atoms with Gasteiger partial charge in [0.2, 0.25) is 0 Å². The van der Waals surface area contributed by atoms with Gasteiger partial charge in [0.1, 0.15) is 0 Å². The zero-order valence-corrected chi connectivity index (χ0v) is 11.0. The number of hydrogen-bond donors (Lipinski definition) is 0. The molecule has 2 aromatic carbocycles. The van der Waals surface area contributed by atoms with Gasteiger partial charge in [-0.1, -0.05) is 54.6 Å². The second-order valence-corrected chi connectivity index (χ2v) is 7.09. The predicted octanol–water partition coefficient (Wildman–Crippen LogP) is 3.74. The molecule has 2 rings (SSSR count). The van der Waals surface area contributed by atoms with Gasteiger partial charge in [0, 0.05) is 6.62 Å². The Morgan fingerprint density at radius 1 is 0.867 bits per heavy atom. The molecule has 76 valence electrons. The largest absolute Gasteiger partial charge is 0.0622 e. The molecule has 0 aromatic heterocycles. The Morgan fingerprint density at radius 3 is 2.13 bits per heavy atom. The average molecular weight is 279 g/mol. The molecule has 0 nitrogen and oxygen atoms in total. The highest BCUT2D eigenvalue weighted by Gasteiger charge is 2.10. The summed E-state index contributed by atoms with van der Waals surface area (Å²) in [6.07, 6.45) is 0. The van der Waals surface area contributed by atoms with Crippen molar-refractivity contribution in [1.29, 1.82) is 0 Å². The fourth-order valence-corrected chi connectivity index (χ4v) is 4.70. The fourth-order valence-electron chi connectivity index (χ4n) is 1.48. The predicted molar refractivity (Wildman–Crippen MR) is 72.7 cm³/mol. The van der Waals surface area contributed by atoms with Gasteiger partial charge in [-0.25, -0.2) is 0 Å². The normalized spacial score (nSPS) is 12.4. The lowest BCUT2D eigenvalue weighted by Crippen LogP contribution is -2.09. The molecule has 0 heterocycles. The van der Waals surface area contributed by atoms with Crippen LogP contribution in [0, 0.1) is 6.92 Å². The van der Waals surface area contributed by atoms with Crippen molar-refractivity contribution in [2.45, 2.75) is 6.92 Å². The van der Waals surface area contributed by atoms with Crippen molar-refractivity contribution in [2.75, 3.05) is 0 Å². The van der Waals surface area contributed by atoms with Crippen molar-refractivity contribution >= 4 is 32.7 Å². The van der Waals surface area contributed by atoms with Crippen LogP contribution in [0.15, 0.2) is 54.6 Å². The third-order valence-corrected chi connectivity index (χ3v) is 6.36. The molecule has 0 spiro atoms. The Balaban J connectivity index is 2.37. The van der Waals surface area contributed by atoms with E-state index >= 15 is 0 Å². The fraction of sp³-hybridized carbons (Fsp3) is 0.0769. The molecule has 0 radical (unpaired) electrons. The van der Waals surface area contributed by atoms with E-state index in [1.54, 1.807) is 0 Å². The average Bonchev–Trinajstić information content (AvgIpc) is 2.30. The van der Waals surface area contributed by atoms with Crippen molar-refractivity contribution in [3.63, 3.8) is 0 Å². The maximum Gasteiger partial charge on any atom is 0.0268 e. The molecule has 0 aliphatic carbocycles. The number of aryl methyl sites for hydroxylation is 1. The van der Waals surface area contributed by atoms with E-state index in [2.05, 4.69) is 77.0 Å². The third-order valence-electron chi connectivity index (χ3n) is 2.31. The van der Waals surface area contributed by atoms with Crippen LogP contribution in [0.25, 0.3) is 0 Å². The quantitative estimate of drug-likeness (QED) is 0.735. The molecule has 1 unspecified atom stereocenters. The molecule has 0 bridgehead atoms. The van der Waals surface area contributed by atoms with Crippen LogP contribution in [0.5, 0.6) is 0 Å². The maximum atomic E-state index is 3.81. The smallest absolute Gasteiger partial charge is 0.0268 e. The number of benzene rings is 2. The Labute approximate surface area is 99.8 Å². The molecular weight excluding hydrogens is 267 g/mol. The van der Waals surface area contributed by atoms with Crippen LogP contribution in [-0.4, -0.2) is 0 Å². The first-order valence-corrected chi connectivity index (χ1v) is 8.21. The van der Waals surface area contributed by atoms with E-state index in [1.807, 2.05) is 0 Å². The van der Waals surface area contributed by atoms with E-state index in [0.717, 1.165) is 0 Å². The zero-order valence-electron chi connectivity index (χ0n) is 8.52. The molecule has 0 aliphatic rings. The van der Waals surface area contributed by atoms with E-state index in [0.29, 0.717) is 0 Å². The van der Waals surface area contributed by atoms with Gasteiger partial charge in [-0.05, 0) is 38.6 Å². The van der Waals surface area contributed by atoms with Gasteiger partial charge in [-0.15, -0.1) is 0 Å². The van der Waals surface area contributed by atoms with Gasteiger partial charge >= 0.3 is 0 Å². The molecule has 0 N–H and O–H groups in total. The topological polar surface area (TPSA) is 0 Å². The van der Waals surface area contributed by atoms with Gasteiger partial charge < -0.3 is 0 Å². The first kappa shape index (κ1) is 10.9. The van der Waals surface area contributed by atoms with Crippen LogP contribution in [0.4, 0.5) is 0 Å². The summed E-state index contributed by atoms with van der Waals surface area (Å²) in [4.78, 5) is 0. The Morgan fingerprint density at radius 2 is 1.47 bits per heavy atom. The second-order valence-electron chi connectivity index (χ2n) is 3.40. The molecule has 0 saturated heterocycles. The highest BCUT2D eigenvalue weighted by molar-refractivity contribution is 9.40. The standard InChI is InChI=1S/C13H12BrP/c1-11-7-5-6-10-13(11)15(14)12-8-3-2-4-9-12/h2-10H,1H3. The third kappa shape index (κ3) is 2.48. The summed E-state index contributed by atoms with van der Waals surface area (Å²) in [7, 11) is 0. The molecule has 1 atom stereocenters. The number of rotatable bonds is 2. The molecular formula is C13H12BrP. The highest BCUT2D eigenvalue weighted by Crippen LogP contribution is 2.42. The molecule has 2 aromatic rings. The summed E-state index contributed by atoms with van der Waals surface area (Å²) in [5, 5.41) is 2.76. The first-order chi connectivity index (χ1) is 7.29. The molecule has 0 fully saturated rings. The first-order valence-electron chi connectivity index (χ1n) is 4.85. The van der Waals surface area contributed by atoms with Crippen LogP contribution >= 0.6 is 22.1 Å². The van der Waals surface area contributed by atoms with Gasteiger partial charge in [0.15, 0.2) is 0 Å². The monoisotopic (exact) mass is 278 g/mol. The summed E-state index contributed by atoms with van der Waals surface area (Å²) in [6.45, 7) is 1.78. The maximum absolute atomic E-state index is 3.81. The van der Waals surface area contributed by atoms with Crippen LogP contribution in [0.3, 0.4) is 0 Å². The lowest BCUT2D eigenvalue weighted by Gasteiger charge is -2.12. The van der Waals surface area contributed by atoms with E-state index in [1.165, 1.54) is 16.2 Å². The molecule has 0 aliphatic heterocycles. The van der Waals surface area contributed by atoms with Gasteiger partial charge in [-0.3, -0.25) is 0 Å². The molecule has 2 heteroatoms. The minimum Gasteiger partial charge on any atom is -0.0622 e. The molecule has 0 amide bonds. The number of halogens is 1. The Hall–Kier alpha value is -0.650. The highest BCUT2D eigenvalue weighted by atomic mass is 79.9. The minimum absolute atomic E-state index is 0.379. The Kier molecular flexibility index (Phi) is 3.56. The van der Waals surface area contributed by atoms with E-state index in [-0.39, 0.29) is 6.62 Å². The second kappa shape index (κ2) is 4.92. The van der Waals surface area contributed by atoms with Crippen molar-refractivity contribution in [3.8, 4) is 0 Å². The van der Waals surface area contributed by atoms with Crippen LogP contribution in [0.1, 0.15) is 5.56 Å². The van der Waals surface area contributed by atoms with E-state index < -0.39 is 0 Å². The van der Waals surface area contributed by atoms with Crippen LogP contribution in [-0.2, 0) is 0 Å². The molecule has 15 heavy (non-hydrogen) atoms. The summed E-state index contributed by atoms with van der Waals surface area (Å²) in [6, 6.07) is 19.1. The van der Waals surface area contributed by atoms with E-state index in [9.17, 15) is 0 Å². The van der Waals surface area contributed by atoms with Crippen molar-refractivity contribution < 1.29 is 0 Å². The van der Waals surface area contributed by atoms with Gasteiger partial charge in [0.25, 0.3) is 0 Å². The number of hydrogen-bond acceptors (Lipinski definition) is 0. The van der Waals surface area contributed by atoms with Crippen molar-refractivity contribution in [2.24, 2.45) is 0 Å². The Bertz CT molecular complexity index is 439. The van der Waals surface area contributed by atoms with Crippen LogP contribution < -0.4 is 10.6 Å². The SMILES string of the molecule is Cc1ccccc1P(Br)c1ccccc1. The van der Waals surface area contributed by atoms with Gasteiger partial charge in [0.05, 0.1) is 0 Å². The summed E-state index contributed by atoms with van der Waals surface area (Å²) >= 11 is 3.81. The van der Waals surface area contributed by atoms with Crippen LogP contribution in [0.2, 0.25) is 0 Å². The lowest BCUT2D eigenvalue weighted by molar-refractivity contribution is 1.52. The lowest BCUT2D eigenvalue weighted by atomic mass is 10.2. The van der Waals surface area contributed by atoms with Crippen molar-refractivity contribution in [1.82, 2.24) is 0 Å². The van der Waals surface area contributed by atoms with E-state index in [4.69, 9.17) is 0 Å². The van der Waals surface area contributed by atoms with Crippen molar-refractivity contribution in [3.05, 3.63) is 60.2 Å². The summed E-state index contributed by atoms with van der Waals surface area (Å²) in [5.74, 6) is 0. The zero-order chi connectivity index (χ0) is 10.7. The summed E-state index contributed by atoms with van der Waals surface area (Å²) < 4.78 is 0.